The Kier molecular flexibility index (Phi) is 6.62. The summed E-state index contributed by atoms with van der Waals surface area (Å²) in [6.45, 7) is 0. The Labute approximate surface area is 153 Å². The molecular weight excluding hydrogens is 350 g/mol. The van der Waals surface area contributed by atoms with Crippen molar-refractivity contribution in [1.29, 1.82) is 5.26 Å². The van der Waals surface area contributed by atoms with E-state index in [1.165, 1.54) is 12.1 Å². The quantitative estimate of drug-likeness (QED) is 0.555. The maximum atomic E-state index is 11.6. The number of rotatable bonds is 4. The number of nitrogens with zero attached hydrogens (tertiary/aromatic N) is 2. The molecule has 0 aliphatic rings. The number of imidazole rings is 1. The number of aromatic carboxylic acids is 1. The molecule has 27 heavy (non-hydrogen) atoms. The molecule has 2 heterocycles. The minimum Gasteiger partial charge on any atom is -0.477 e. The van der Waals surface area contributed by atoms with Gasteiger partial charge in [0.2, 0.25) is 5.91 Å². The second kappa shape index (κ2) is 9.33. The average molecular weight is 365 g/mol. The number of aromatic nitrogens is 3. The first-order chi connectivity index (χ1) is 13.0. The highest BCUT2D eigenvalue weighted by Gasteiger charge is 2.09. The predicted octanol–water partition coefficient (Wildman–Crippen LogP) is 2.00. The summed E-state index contributed by atoms with van der Waals surface area (Å²) in [5.74, 6) is -1.70. The van der Waals surface area contributed by atoms with Crippen LogP contribution >= 0.6 is 0 Å². The van der Waals surface area contributed by atoms with Gasteiger partial charge in [-0.25, -0.2) is 9.78 Å². The Morgan fingerprint density at radius 2 is 1.93 bits per heavy atom. The molecule has 4 N–H and O–H groups in total. The van der Waals surface area contributed by atoms with Crippen molar-refractivity contribution in [2.24, 2.45) is 0 Å². The van der Waals surface area contributed by atoms with Crippen molar-refractivity contribution in [2.45, 2.75) is 6.42 Å². The maximum Gasteiger partial charge on any atom is 0.341 e. The van der Waals surface area contributed by atoms with E-state index >= 15 is 0 Å². The maximum absolute atomic E-state index is 11.6. The van der Waals surface area contributed by atoms with Gasteiger partial charge in [0.25, 0.3) is 5.56 Å². The molecule has 0 spiro atoms. The number of aromatic amines is 2. The Hall–Kier alpha value is -4.19. The lowest BCUT2D eigenvalue weighted by Gasteiger charge is -2.05. The number of carbonyl (C=O) groups is 2. The summed E-state index contributed by atoms with van der Waals surface area (Å²) in [5, 5.41) is 19.8. The second-order valence-corrected chi connectivity index (χ2v) is 5.14. The average Bonchev–Trinajstić information content (AvgIpc) is 3.22. The Balaban J connectivity index is 0.000000451. The molecule has 3 aromatic rings. The van der Waals surface area contributed by atoms with Crippen molar-refractivity contribution >= 4 is 17.6 Å². The topological polar surface area (TPSA) is 152 Å². The van der Waals surface area contributed by atoms with Crippen molar-refractivity contribution in [3.63, 3.8) is 0 Å². The van der Waals surface area contributed by atoms with Gasteiger partial charge in [-0.15, -0.1) is 0 Å². The van der Waals surface area contributed by atoms with E-state index in [2.05, 4.69) is 20.3 Å². The zero-order chi connectivity index (χ0) is 19.6. The standard InChI is InChI=1S/C15H11N3O4.C3H4N2/c16-8-7-13(19)17-10-3-1-9(2-4-10)12-6-5-11(15(21)22)14(20)18-12;1-2-5-3-4-1/h1-6H,7H2,(H,17,19)(H,18,20)(H,21,22);1-3H,(H,4,5). The summed E-state index contributed by atoms with van der Waals surface area (Å²) in [6, 6.07) is 11.0. The Morgan fingerprint density at radius 3 is 2.41 bits per heavy atom. The smallest absolute Gasteiger partial charge is 0.341 e. The molecule has 2 aromatic heterocycles. The van der Waals surface area contributed by atoms with Crippen LogP contribution in [0.5, 0.6) is 0 Å². The first-order valence-corrected chi connectivity index (χ1v) is 7.68. The van der Waals surface area contributed by atoms with E-state index in [-0.39, 0.29) is 12.0 Å². The van der Waals surface area contributed by atoms with Gasteiger partial charge < -0.3 is 20.4 Å². The predicted molar refractivity (Wildman–Crippen MR) is 96.9 cm³/mol. The van der Waals surface area contributed by atoms with Crippen molar-refractivity contribution in [3.8, 4) is 17.3 Å². The molecule has 9 nitrogen and oxygen atoms in total. The van der Waals surface area contributed by atoms with E-state index < -0.39 is 17.4 Å². The number of hydrogen-bond donors (Lipinski definition) is 4. The number of H-pyrrole nitrogens is 2. The number of nitrogens with one attached hydrogen (secondary N) is 3. The zero-order valence-corrected chi connectivity index (χ0v) is 14.0. The number of nitriles is 1. The largest absolute Gasteiger partial charge is 0.477 e. The SMILES string of the molecule is N#CCC(=O)Nc1ccc(-c2ccc(C(=O)O)c(=O)[nH]2)cc1.c1c[nH]cn1. The van der Waals surface area contributed by atoms with Crippen molar-refractivity contribution in [3.05, 3.63) is 71.0 Å². The highest BCUT2D eigenvalue weighted by Crippen LogP contribution is 2.19. The molecule has 0 aliphatic carbocycles. The molecule has 0 bridgehead atoms. The third kappa shape index (κ3) is 5.68. The van der Waals surface area contributed by atoms with Gasteiger partial charge in [0.1, 0.15) is 12.0 Å². The van der Waals surface area contributed by atoms with Crippen LogP contribution < -0.4 is 10.9 Å². The van der Waals surface area contributed by atoms with Gasteiger partial charge >= 0.3 is 5.97 Å². The van der Waals surface area contributed by atoms with Gasteiger partial charge in [-0.1, -0.05) is 12.1 Å². The normalized spacial score (nSPS) is 9.44. The third-order valence-electron chi connectivity index (χ3n) is 3.27. The third-order valence-corrected chi connectivity index (χ3v) is 3.27. The van der Waals surface area contributed by atoms with Gasteiger partial charge in [0.05, 0.1) is 12.4 Å². The number of amides is 1. The van der Waals surface area contributed by atoms with Crippen LogP contribution in [0.1, 0.15) is 16.8 Å². The summed E-state index contributed by atoms with van der Waals surface area (Å²) in [4.78, 5) is 42.6. The fourth-order valence-corrected chi connectivity index (χ4v) is 2.04. The molecule has 0 fully saturated rings. The molecule has 136 valence electrons. The molecule has 0 unspecified atom stereocenters. The second-order valence-electron chi connectivity index (χ2n) is 5.14. The summed E-state index contributed by atoms with van der Waals surface area (Å²) >= 11 is 0. The lowest BCUT2D eigenvalue weighted by atomic mass is 10.1. The molecule has 1 amide bonds. The van der Waals surface area contributed by atoms with Crippen LogP contribution in [0.2, 0.25) is 0 Å². The molecule has 0 aliphatic heterocycles. The molecule has 0 saturated carbocycles. The molecule has 1 aromatic carbocycles. The highest BCUT2D eigenvalue weighted by molar-refractivity contribution is 5.92. The minimum absolute atomic E-state index is 0.230. The van der Waals surface area contributed by atoms with Crippen molar-refractivity contribution in [2.75, 3.05) is 5.32 Å². The molecule has 9 heteroatoms. The van der Waals surface area contributed by atoms with E-state index in [1.54, 1.807) is 49.1 Å². The van der Waals surface area contributed by atoms with Gasteiger partial charge in [-0.3, -0.25) is 9.59 Å². The van der Waals surface area contributed by atoms with Crippen molar-refractivity contribution in [1.82, 2.24) is 15.0 Å². The van der Waals surface area contributed by atoms with Gasteiger partial charge in [0, 0.05) is 23.8 Å². The fourth-order valence-electron chi connectivity index (χ4n) is 2.04. The first-order valence-electron chi connectivity index (χ1n) is 7.68. The molecule has 0 radical (unpaired) electrons. The molecule has 0 saturated heterocycles. The number of benzene rings is 1. The number of pyridine rings is 1. The van der Waals surface area contributed by atoms with Crippen LogP contribution in [0.25, 0.3) is 11.3 Å². The summed E-state index contributed by atoms with van der Waals surface area (Å²) in [5.41, 5.74) is 0.631. The fraction of sp³-hybridized carbons (Fsp3) is 0.0556. The lowest BCUT2D eigenvalue weighted by Crippen LogP contribution is -2.17. The molecular formula is C18H15N5O4. The molecule has 0 atom stereocenters. The monoisotopic (exact) mass is 365 g/mol. The number of carboxylic acids is 1. The summed E-state index contributed by atoms with van der Waals surface area (Å²) < 4.78 is 0. The number of carboxylic acid groups (broad SMARTS) is 1. The van der Waals surface area contributed by atoms with E-state index in [9.17, 15) is 14.4 Å². The van der Waals surface area contributed by atoms with E-state index in [4.69, 9.17) is 10.4 Å². The summed E-state index contributed by atoms with van der Waals surface area (Å²) in [6.07, 6.45) is 4.85. The summed E-state index contributed by atoms with van der Waals surface area (Å²) in [7, 11) is 0. The Morgan fingerprint density at radius 1 is 1.19 bits per heavy atom. The van der Waals surface area contributed by atoms with Gasteiger partial charge in [0.15, 0.2) is 0 Å². The molecule has 3 rings (SSSR count). The number of carbonyl (C=O) groups excluding carboxylic acids is 1. The van der Waals surface area contributed by atoms with Gasteiger partial charge in [-0.2, -0.15) is 5.26 Å². The number of hydrogen-bond acceptors (Lipinski definition) is 5. The zero-order valence-electron chi connectivity index (χ0n) is 14.0. The Bertz CT molecular complexity index is 984. The number of anilines is 1. The van der Waals surface area contributed by atoms with Crippen LogP contribution in [0.3, 0.4) is 0 Å². The minimum atomic E-state index is -1.29. The van der Waals surface area contributed by atoms with Crippen LogP contribution in [0.15, 0.2) is 59.9 Å². The van der Waals surface area contributed by atoms with Crippen molar-refractivity contribution < 1.29 is 14.7 Å². The first kappa shape index (κ1) is 19.1. The van der Waals surface area contributed by atoms with Crippen LogP contribution in [0.4, 0.5) is 5.69 Å². The van der Waals surface area contributed by atoms with Crippen LogP contribution in [0, 0.1) is 11.3 Å². The lowest BCUT2D eigenvalue weighted by molar-refractivity contribution is -0.115. The van der Waals surface area contributed by atoms with Gasteiger partial charge in [-0.05, 0) is 29.8 Å². The van der Waals surface area contributed by atoms with E-state index in [1.807, 2.05) is 0 Å². The van der Waals surface area contributed by atoms with E-state index in [0.29, 0.717) is 16.9 Å². The van der Waals surface area contributed by atoms with Crippen LogP contribution in [-0.4, -0.2) is 31.9 Å². The van der Waals surface area contributed by atoms with Crippen LogP contribution in [-0.2, 0) is 4.79 Å². The van der Waals surface area contributed by atoms with E-state index in [0.717, 1.165) is 0 Å². The highest BCUT2D eigenvalue weighted by atomic mass is 16.4.